The minimum absolute atomic E-state index is 0.457. The van der Waals surface area contributed by atoms with E-state index in [9.17, 15) is 4.79 Å². The predicted octanol–water partition coefficient (Wildman–Crippen LogP) is 1.44. The molecule has 1 aromatic carbocycles. The van der Waals surface area contributed by atoms with Crippen molar-refractivity contribution in [1.82, 2.24) is 0 Å². The molecule has 1 amide bonds. The molecular formula is C13H20N2O2. The van der Waals surface area contributed by atoms with Crippen LogP contribution in [0, 0.1) is 0 Å². The van der Waals surface area contributed by atoms with Crippen molar-refractivity contribution in [2.75, 3.05) is 6.61 Å². The van der Waals surface area contributed by atoms with Crippen molar-refractivity contribution in [2.45, 2.75) is 31.7 Å². The van der Waals surface area contributed by atoms with Gasteiger partial charge in [-0.1, -0.05) is 18.2 Å². The summed E-state index contributed by atoms with van der Waals surface area (Å²) in [5, 5.41) is 0. The summed E-state index contributed by atoms with van der Waals surface area (Å²) in [5.74, 6) is 0.402. The highest BCUT2D eigenvalue weighted by Crippen LogP contribution is 2.12. The lowest BCUT2D eigenvalue weighted by atomic mass is 9.96. The molecule has 4 N–H and O–H groups in total. The minimum atomic E-state index is -0.910. The molecule has 4 heteroatoms. The molecule has 0 aliphatic carbocycles. The molecule has 94 valence electrons. The van der Waals surface area contributed by atoms with Crippen molar-refractivity contribution >= 4 is 5.91 Å². The second-order valence-electron chi connectivity index (χ2n) is 4.40. The minimum Gasteiger partial charge on any atom is -0.494 e. The van der Waals surface area contributed by atoms with Crippen molar-refractivity contribution in [3.63, 3.8) is 0 Å². The number of nitrogens with two attached hydrogens (primary N) is 2. The molecule has 1 unspecified atom stereocenters. The van der Waals surface area contributed by atoms with E-state index < -0.39 is 11.4 Å². The summed E-state index contributed by atoms with van der Waals surface area (Å²) in [4.78, 5) is 11.0. The van der Waals surface area contributed by atoms with Gasteiger partial charge in [-0.25, -0.2) is 0 Å². The number of amides is 1. The lowest BCUT2D eigenvalue weighted by Crippen LogP contribution is -2.49. The number of unbranched alkanes of at least 4 members (excludes halogenated alkanes) is 1. The quantitative estimate of drug-likeness (QED) is 0.703. The van der Waals surface area contributed by atoms with E-state index in [4.69, 9.17) is 16.2 Å². The number of primary amides is 1. The Bertz CT molecular complexity index is 350. The van der Waals surface area contributed by atoms with E-state index in [1.165, 1.54) is 0 Å². The molecule has 4 nitrogen and oxygen atoms in total. The van der Waals surface area contributed by atoms with Crippen molar-refractivity contribution < 1.29 is 9.53 Å². The molecule has 0 heterocycles. The summed E-state index contributed by atoms with van der Waals surface area (Å²) >= 11 is 0. The number of rotatable bonds is 7. The number of hydrogen-bond donors (Lipinski definition) is 2. The van der Waals surface area contributed by atoms with Gasteiger partial charge < -0.3 is 16.2 Å². The van der Waals surface area contributed by atoms with E-state index in [-0.39, 0.29) is 0 Å². The van der Waals surface area contributed by atoms with Crippen LogP contribution in [0.2, 0.25) is 0 Å². The Morgan fingerprint density at radius 3 is 2.53 bits per heavy atom. The molecule has 0 saturated heterocycles. The third-order valence-corrected chi connectivity index (χ3v) is 2.67. The molecule has 0 aliphatic rings. The first kappa shape index (κ1) is 13.5. The zero-order valence-corrected chi connectivity index (χ0v) is 10.2. The topological polar surface area (TPSA) is 78.3 Å². The van der Waals surface area contributed by atoms with Crippen molar-refractivity contribution in [3.8, 4) is 5.75 Å². The third kappa shape index (κ3) is 4.87. The standard InChI is InChI=1S/C13H20N2O2/c1-13(15,12(14)16)9-5-6-10-17-11-7-3-2-4-8-11/h2-4,7-8H,5-6,9-10,15H2,1H3,(H2,14,16). The first-order valence-electron chi connectivity index (χ1n) is 5.79. The van der Waals surface area contributed by atoms with E-state index in [2.05, 4.69) is 0 Å². The van der Waals surface area contributed by atoms with E-state index >= 15 is 0 Å². The monoisotopic (exact) mass is 236 g/mol. The van der Waals surface area contributed by atoms with Crippen LogP contribution in [0.25, 0.3) is 0 Å². The normalized spacial score (nSPS) is 14.0. The third-order valence-electron chi connectivity index (χ3n) is 2.67. The van der Waals surface area contributed by atoms with Gasteiger partial charge in [0, 0.05) is 0 Å². The van der Waals surface area contributed by atoms with Gasteiger partial charge in [0.25, 0.3) is 0 Å². The molecule has 0 saturated carbocycles. The average Bonchev–Trinajstić information content (AvgIpc) is 2.29. The second kappa shape index (κ2) is 6.25. The second-order valence-corrected chi connectivity index (χ2v) is 4.40. The van der Waals surface area contributed by atoms with Gasteiger partial charge in [-0.05, 0) is 38.3 Å². The van der Waals surface area contributed by atoms with Crippen LogP contribution in [-0.4, -0.2) is 18.1 Å². The number of carbonyl (C=O) groups is 1. The zero-order valence-electron chi connectivity index (χ0n) is 10.2. The Labute approximate surface area is 102 Å². The Kier molecular flexibility index (Phi) is 4.97. The van der Waals surface area contributed by atoms with Crippen LogP contribution in [-0.2, 0) is 4.79 Å². The summed E-state index contributed by atoms with van der Waals surface area (Å²) in [6.07, 6.45) is 2.26. The Morgan fingerprint density at radius 1 is 1.29 bits per heavy atom. The summed E-state index contributed by atoms with van der Waals surface area (Å²) in [7, 11) is 0. The van der Waals surface area contributed by atoms with Gasteiger partial charge in [0.1, 0.15) is 5.75 Å². The average molecular weight is 236 g/mol. The molecule has 1 aromatic rings. The first-order valence-corrected chi connectivity index (χ1v) is 5.79. The molecule has 0 radical (unpaired) electrons. The fourth-order valence-corrected chi connectivity index (χ4v) is 1.42. The lowest BCUT2D eigenvalue weighted by molar-refractivity contribution is -0.122. The van der Waals surface area contributed by atoms with Crippen LogP contribution in [0.5, 0.6) is 5.75 Å². The van der Waals surface area contributed by atoms with Gasteiger partial charge in [-0.2, -0.15) is 0 Å². The number of hydrogen-bond acceptors (Lipinski definition) is 3. The maximum absolute atomic E-state index is 11.0. The molecule has 0 spiro atoms. The Hall–Kier alpha value is -1.55. The van der Waals surface area contributed by atoms with Gasteiger partial charge in [0.15, 0.2) is 0 Å². The predicted molar refractivity (Wildman–Crippen MR) is 67.6 cm³/mol. The lowest BCUT2D eigenvalue weighted by Gasteiger charge is -2.19. The summed E-state index contributed by atoms with van der Waals surface area (Å²) in [6.45, 7) is 2.28. The zero-order chi connectivity index (χ0) is 12.7. The summed E-state index contributed by atoms with van der Waals surface area (Å²) in [5.41, 5.74) is 10.0. The van der Waals surface area contributed by atoms with E-state index in [0.29, 0.717) is 13.0 Å². The maximum atomic E-state index is 11.0. The Morgan fingerprint density at radius 2 is 1.94 bits per heavy atom. The number of para-hydroxylation sites is 1. The summed E-state index contributed by atoms with van der Waals surface area (Å²) in [6, 6.07) is 9.63. The van der Waals surface area contributed by atoms with Crippen LogP contribution in [0.3, 0.4) is 0 Å². The highest BCUT2D eigenvalue weighted by atomic mass is 16.5. The number of ether oxygens (including phenoxy) is 1. The van der Waals surface area contributed by atoms with Gasteiger partial charge in [-0.15, -0.1) is 0 Å². The highest BCUT2D eigenvalue weighted by molar-refractivity contribution is 5.83. The van der Waals surface area contributed by atoms with Gasteiger partial charge in [-0.3, -0.25) is 4.79 Å². The largest absolute Gasteiger partial charge is 0.494 e. The van der Waals surface area contributed by atoms with Gasteiger partial charge in [0.05, 0.1) is 12.1 Å². The number of benzene rings is 1. The van der Waals surface area contributed by atoms with Crippen LogP contribution in [0.4, 0.5) is 0 Å². The molecule has 0 fully saturated rings. The smallest absolute Gasteiger partial charge is 0.237 e. The first-order chi connectivity index (χ1) is 8.02. The molecular weight excluding hydrogens is 216 g/mol. The van der Waals surface area contributed by atoms with Crippen molar-refractivity contribution in [3.05, 3.63) is 30.3 Å². The maximum Gasteiger partial charge on any atom is 0.237 e. The van der Waals surface area contributed by atoms with E-state index in [1.54, 1.807) is 6.92 Å². The van der Waals surface area contributed by atoms with Crippen LogP contribution >= 0.6 is 0 Å². The fourth-order valence-electron chi connectivity index (χ4n) is 1.42. The molecule has 1 rings (SSSR count). The molecule has 0 aromatic heterocycles. The molecule has 0 aliphatic heterocycles. The SMILES string of the molecule is CC(N)(CCCCOc1ccccc1)C(N)=O. The highest BCUT2D eigenvalue weighted by Gasteiger charge is 2.24. The van der Waals surface area contributed by atoms with Gasteiger partial charge in [0.2, 0.25) is 5.91 Å². The number of carbonyl (C=O) groups excluding carboxylic acids is 1. The molecule has 1 atom stereocenters. The van der Waals surface area contributed by atoms with Crippen molar-refractivity contribution in [1.29, 1.82) is 0 Å². The molecule has 17 heavy (non-hydrogen) atoms. The van der Waals surface area contributed by atoms with E-state index in [0.717, 1.165) is 18.6 Å². The fraction of sp³-hybridized carbons (Fsp3) is 0.462. The Balaban J connectivity index is 2.15. The van der Waals surface area contributed by atoms with Crippen molar-refractivity contribution in [2.24, 2.45) is 11.5 Å². The van der Waals surface area contributed by atoms with Crippen LogP contribution < -0.4 is 16.2 Å². The summed E-state index contributed by atoms with van der Waals surface area (Å²) < 4.78 is 5.52. The van der Waals surface area contributed by atoms with Gasteiger partial charge >= 0.3 is 0 Å². The van der Waals surface area contributed by atoms with E-state index in [1.807, 2.05) is 30.3 Å². The molecule has 0 bridgehead atoms. The van der Waals surface area contributed by atoms with Crippen LogP contribution in [0.1, 0.15) is 26.2 Å². The van der Waals surface area contributed by atoms with Crippen LogP contribution in [0.15, 0.2) is 30.3 Å².